The van der Waals surface area contributed by atoms with Crippen LogP contribution in [-0.2, 0) is 9.47 Å². The molecule has 6 heteroatoms. The van der Waals surface area contributed by atoms with Gasteiger partial charge in [0.25, 0.3) is 0 Å². The van der Waals surface area contributed by atoms with Crippen molar-refractivity contribution < 1.29 is 19.1 Å². The number of rotatable bonds is 0. The fraction of sp³-hybridized carbons (Fsp3) is 0.0909. The molecule has 1 aliphatic heterocycles. The Labute approximate surface area is 106 Å². The molecule has 0 saturated carbocycles. The molecule has 3 rings (SSSR count). The third-order valence-electron chi connectivity index (χ3n) is 2.57. The van der Waals surface area contributed by atoms with Gasteiger partial charge in [-0.3, -0.25) is 9.59 Å². The van der Waals surface area contributed by atoms with Crippen LogP contribution in [0.4, 0.5) is 0 Å². The minimum atomic E-state index is -0.411. The minimum absolute atomic E-state index is 0.0547. The third kappa shape index (κ3) is 1.38. The van der Waals surface area contributed by atoms with E-state index in [9.17, 15) is 9.59 Å². The van der Waals surface area contributed by atoms with E-state index in [0.29, 0.717) is 0 Å². The van der Waals surface area contributed by atoms with E-state index in [-0.39, 0.29) is 39.5 Å². The summed E-state index contributed by atoms with van der Waals surface area (Å²) >= 11 is 11.6. The predicted molar refractivity (Wildman–Crippen MR) is 59.2 cm³/mol. The smallest absolute Gasteiger partial charge is 0.232 e. The molecule has 0 saturated heterocycles. The van der Waals surface area contributed by atoms with Gasteiger partial charge in [0.15, 0.2) is 0 Å². The topological polar surface area (TPSA) is 52.6 Å². The first-order chi connectivity index (χ1) is 8.09. The molecule has 86 valence electrons. The molecule has 17 heavy (non-hydrogen) atoms. The Morgan fingerprint density at radius 3 is 1.71 bits per heavy atom. The Hall–Kier alpha value is -1.52. The zero-order valence-corrected chi connectivity index (χ0v) is 9.76. The highest BCUT2D eigenvalue weighted by atomic mass is 35.5. The van der Waals surface area contributed by atoms with E-state index in [1.165, 1.54) is 12.1 Å². The first-order valence-corrected chi connectivity index (χ1v) is 5.43. The van der Waals surface area contributed by atoms with Gasteiger partial charge in [-0.1, -0.05) is 23.2 Å². The maximum Gasteiger partial charge on any atom is 0.232 e. The molecule has 2 aliphatic rings. The monoisotopic (exact) mass is 270 g/mol. The Morgan fingerprint density at radius 2 is 1.29 bits per heavy atom. The highest BCUT2D eigenvalue weighted by molar-refractivity contribution is 6.43. The van der Waals surface area contributed by atoms with Gasteiger partial charge in [-0.25, -0.2) is 0 Å². The number of carbonyl (C=O) groups is 2. The zero-order chi connectivity index (χ0) is 12.2. The largest absolute Gasteiger partial charge is 0.449 e. The molecule has 1 heterocycles. The molecule has 0 aromatic heterocycles. The third-order valence-corrected chi connectivity index (χ3v) is 3.30. The summed E-state index contributed by atoms with van der Waals surface area (Å²) in [7, 11) is 0. The van der Waals surface area contributed by atoms with E-state index >= 15 is 0 Å². The summed E-state index contributed by atoms with van der Waals surface area (Å²) in [6.07, 6.45) is 0. The number of Topliss-reactive ketones (excluding diaryl/α,β-unsaturated/α-hetero) is 2. The molecule has 0 atom stereocenters. The van der Waals surface area contributed by atoms with Crippen molar-refractivity contribution >= 4 is 34.8 Å². The fourth-order valence-corrected chi connectivity index (χ4v) is 2.11. The van der Waals surface area contributed by atoms with Crippen molar-refractivity contribution in [2.45, 2.75) is 0 Å². The molecule has 1 aliphatic carbocycles. The molecule has 0 fully saturated rings. The van der Waals surface area contributed by atoms with E-state index in [4.69, 9.17) is 32.7 Å². The van der Waals surface area contributed by atoms with Gasteiger partial charge >= 0.3 is 0 Å². The SMILES string of the molecule is O=C1C2=C(OCO2)C(=O)c2cc(Cl)c(Cl)cc21. The Kier molecular flexibility index (Phi) is 2.18. The minimum Gasteiger partial charge on any atom is -0.449 e. The van der Waals surface area contributed by atoms with Crippen LogP contribution < -0.4 is 0 Å². The van der Waals surface area contributed by atoms with Crippen LogP contribution in [-0.4, -0.2) is 18.4 Å². The number of fused-ring (bicyclic) bond motifs is 1. The van der Waals surface area contributed by atoms with Crippen molar-refractivity contribution in [1.82, 2.24) is 0 Å². The molecular formula is C11H4Cl2O4. The number of ketones is 2. The number of carbonyl (C=O) groups excluding carboxylic acids is 2. The summed E-state index contributed by atoms with van der Waals surface area (Å²) in [6.45, 7) is -0.127. The molecule has 0 radical (unpaired) electrons. The van der Waals surface area contributed by atoms with Gasteiger partial charge in [0.1, 0.15) is 0 Å². The van der Waals surface area contributed by atoms with Gasteiger partial charge in [-0.05, 0) is 12.1 Å². The fourth-order valence-electron chi connectivity index (χ4n) is 1.78. The summed E-state index contributed by atoms with van der Waals surface area (Å²) in [5, 5.41) is 0.434. The van der Waals surface area contributed by atoms with Crippen LogP contribution in [0, 0.1) is 0 Å². The van der Waals surface area contributed by atoms with Gasteiger partial charge in [0, 0.05) is 11.1 Å². The predicted octanol–water partition coefficient (Wildman–Crippen LogP) is 2.59. The Morgan fingerprint density at radius 1 is 0.882 bits per heavy atom. The van der Waals surface area contributed by atoms with Crippen LogP contribution in [0.1, 0.15) is 20.7 Å². The van der Waals surface area contributed by atoms with Gasteiger partial charge < -0.3 is 9.47 Å². The van der Waals surface area contributed by atoms with Gasteiger partial charge in [0.05, 0.1) is 10.0 Å². The lowest BCUT2D eigenvalue weighted by atomic mass is 9.92. The molecule has 0 unspecified atom stereocenters. The lowest BCUT2D eigenvalue weighted by Crippen LogP contribution is -2.20. The number of hydrogen-bond donors (Lipinski definition) is 0. The second kappa shape index (κ2) is 3.48. The van der Waals surface area contributed by atoms with E-state index in [1.54, 1.807) is 0 Å². The van der Waals surface area contributed by atoms with Crippen molar-refractivity contribution in [2.24, 2.45) is 0 Å². The Bertz CT molecular complexity index is 553. The van der Waals surface area contributed by atoms with E-state index in [2.05, 4.69) is 0 Å². The lowest BCUT2D eigenvalue weighted by molar-refractivity contribution is 0.0601. The normalized spacial score (nSPS) is 17.5. The van der Waals surface area contributed by atoms with Crippen molar-refractivity contribution in [3.05, 3.63) is 44.8 Å². The van der Waals surface area contributed by atoms with Crippen LogP contribution in [0.3, 0.4) is 0 Å². The molecule has 0 spiro atoms. The van der Waals surface area contributed by atoms with Crippen LogP contribution in [0.5, 0.6) is 0 Å². The average molecular weight is 271 g/mol. The quantitative estimate of drug-likeness (QED) is 0.727. The van der Waals surface area contributed by atoms with E-state index in [0.717, 1.165) is 0 Å². The number of halogens is 2. The molecule has 0 amide bonds. The van der Waals surface area contributed by atoms with Crippen LogP contribution in [0.15, 0.2) is 23.7 Å². The van der Waals surface area contributed by atoms with Crippen molar-refractivity contribution in [3.8, 4) is 0 Å². The highest BCUT2D eigenvalue weighted by Crippen LogP contribution is 2.35. The van der Waals surface area contributed by atoms with Crippen molar-refractivity contribution in [2.75, 3.05) is 6.79 Å². The summed E-state index contributed by atoms with van der Waals surface area (Å²) in [5.41, 5.74) is 0.377. The second-order valence-corrected chi connectivity index (χ2v) is 4.35. The zero-order valence-electron chi connectivity index (χ0n) is 8.25. The summed E-state index contributed by atoms with van der Waals surface area (Å²) < 4.78 is 9.95. The highest BCUT2D eigenvalue weighted by Gasteiger charge is 2.38. The number of ether oxygens (including phenoxy) is 2. The summed E-state index contributed by atoms with van der Waals surface area (Å²) in [4.78, 5) is 24.0. The first kappa shape index (κ1) is 10.6. The summed E-state index contributed by atoms with van der Waals surface area (Å²) in [6, 6.07) is 2.73. The van der Waals surface area contributed by atoms with Gasteiger partial charge in [-0.15, -0.1) is 0 Å². The van der Waals surface area contributed by atoms with Crippen LogP contribution in [0.25, 0.3) is 0 Å². The van der Waals surface area contributed by atoms with Crippen molar-refractivity contribution in [3.63, 3.8) is 0 Å². The first-order valence-electron chi connectivity index (χ1n) is 4.68. The number of benzene rings is 1. The molecule has 1 aromatic carbocycles. The van der Waals surface area contributed by atoms with Gasteiger partial charge in [-0.2, -0.15) is 0 Å². The Balaban J connectivity index is 2.27. The standard InChI is InChI=1S/C11H4Cl2O4/c12-6-1-4-5(2-7(6)13)9(15)11-10(8(4)14)16-3-17-11/h1-2H,3H2. The van der Waals surface area contributed by atoms with Gasteiger partial charge in [0.2, 0.25) is 29.9 Å². The number of allylic oxidation sites excluding steroid dienone is 2. The van der Waals surface area contributed by atoms with E-state index in [1.807, 2.05) is 0 Å². The lowest BCUT2D eigenvalue weighted by Gasteiger charge is -2.14. The van der Waals surface area contributed by atoms with Crippen molar-refractivity contribution in [1.29, 1.82) is 0 Å². The molecule has 0 N–H and O–H groups in total. The molecule has 4 nitrogen and oxygen atoms in total. The second-order valence-electron chi connectivity index (χ2n) is 3.53. The molecule has 0 bridgehead atoms. The maximum atomic E-state index is 12.0. The molecular weight excluding hydrogens is 267 g/mol. The average Bonchev–Trinajstić information content (AvgIpc) is 2.78. The van der Waals surface area contributed by atoms with Crippen LogP contribution in [0.2, 0.25) is 10.0 Å². The maximum absolute atomic E-state index is 12.0. The van der Waals surface area contributed by atoms with Crippen LogP contribution >= 0.6 is 23.2 Å². The summed E-state index contributed by atoms with van der Waals surface area (Å²) in [5.74, 6) is -0.932. The van der Waals surface area contributed by atoms with E-state index < -0.39 is 11.6 Å². The number of hydrogen-bond acceptors (Lipinski definition) is 4. The molecule has 1 aromatic rings.